The van der Waals surface area contributed by atoms with E-state index in [1.807, 2.05) is 6.92 Å². The number of hydrogen-bond acceptors (Lipinski definition) is 1. The molecule has 0 aliphatic rings. The number of hydrogen-bond donors (Lipinski definition) is 1. The monoisotopic (exact) mass is 338 g/mol. The van der Waals surface area contributed by atoms with E-state index in [4.69, 9.17) is 0 Å². The van der Waals surface area contributed by atoms with Gasteiger partial charge in [0, 0.05) is 6.42 Å². The van der Waals surface area contributed by atoms with E-state index < -0.39 is 21.2 Å². The van der Waals surface area contributed by atoms with Crippen molar-refractivity contribution >= 4 is 10.2 Å². The Labute approximate surface area is 125 Å². The van der Waals surface area contributed by atoms with E-state index in [1.165, 1.54) is 0 Å². The molecule has 22 heavy (non-hydrogen) atoms. The van der Waals surface area contributed by atoms with E-state index >= 15 is 0 Å². The standard InChI is InChI=1S/C15H15F5OS/c1-11-2-6-13(7-3-11)15(21)10-12-4-8-14(9-5-12)22(16,17,18,19)20/h2-9,15,21H,10H2,1H3. The predicted octanol–water partition coefficient (Wildman–Crippen LogP) is 5.93. The predicted molar refractivity (Wildman–Crippen MR) is 77.7 cm³/mol. The molecule has 1 atom stereocenters. The van der Waals surface area contributed by atoms with Gasteiger partial charge in [-0.2, -0.15) is 0 Å². The van der Waals surface area contributed by atoms with E-state index in [-0.39, 0.29) is 6.42 Å². The quantitative estimate of drug-likeness (QED) is 0.685. The Bertz CT molecular complexity index is 662. The van der Waals surface area contributed by atoms with Crippen LogP contribution in [0.25, 0.3) is 0 Å². The van der Waals surface area contributed by atoms with Gasteiger partial charge in [0.25, 0.3) is 0 Å². The van der Waals surface area contributed by atoms with Gasteiger partial charge in [-0.3, -0.25) is 0 Å². The van der Waals surface area contributed by atoms with Crippen LogP contribution in [0.3, 0.4) is 0 Å². The highest BCUT2D eigenvalue weighted by Crippen LogP contribution is 3.02. The van der Waals surface area contributed by atoms with Crippen molar-refractivity contribution in [2.75, 3.05) is 0 Å². The van der Waals surface area contributed by atoms with Crippen LogP contribution in [-0.4, -0.2) is 5.11 Å². The average molecular weight is 338 g/mol. The van der Waals surface area contributed by atoms with Gasteiger partial charge in [-0.05, 0) is 30.2 Å². The van der Waals surface area contributed by atoms with Crippen LogP contribution < -0.4 is 0 Å². The molecule has 0 fully saturated rings. The van der Waals surface area contributed by atoms with E-state index in [9.17, 15) is 24.5 Å². The highest BCUT2D eigenvalue weighted by atomic mass is 32.5. The van der Waals surface area contributed by atoms with Crippen LogP contribution in [0, 0.1) is 6.92 Å². The number of halogens is 5. The third-order valence-corrected chi connectivity index (χ3v) is 4.42. The molecule has 0 bridgehead atoms. The van der Waals surface area contributed by atoms with Gasteiger partial charge >= 0.3 is 10.2 Å². The Morgan fingerprint density at radius 2 is 1.36 bits per heavy atom. The van der Waals surface area contributed by atoms with Crippen molar-refractivity contribution < 1.29 is 24.5 Å². The first kappa shape index (κ1) is 16.8. The molecule has 0 saturated heterocycles. The first-order chi connectivity index (χ1) is 9.85. The van der Waals surface area contributed by atoms with E-state index in [0.717, 1.165) is 17.7 Å². The van der Waals surface area contributed by atoms with Gasteiger partial charge < -0.3 is 5.11 Å². The van der Waals surface area contributed by atoms with Gasteiger partial charge in [0.15, 0.2) is 0 Å². The summed E-state index contributed by atoms with van der Waals surface area (Å²) in [6.45, 7) is 1.88. The van der Waals surface area contributed by atoms with Crippen molar-refractivity contribution in [3.8, 4) is 0 Å². The number of aliphatic hydroxyl groups is 1. The maximum absolute atomic E-state index is 12.6. The minimum absolute atomic E-state index is 0.0453. The highest BCUT2D eigenvalue weighted by molar-refractivity contribution is 8.45. The Morgan fingerprint density at radius 1 is 0.864 bits per heavy atom. The van der Waals surface area contributed by atoms with Gasteiger partial charge in [0.2, 0.25) is 0 Å². The fourth-order valence-electron chi connectivity index (χ4n) is 2.01. The molecule has 0 radical (unpaired) electrons. The summed E-state index contributed by atoms with van der Waals surface area (Å²) in [5.74, 6) is 0. The zero-order chi connectivity index (χ0) is 16.7. The molecule has 0 aliphatic carbocycles. The molecule has 2 aromatic rings. The summed E-state index contributed by atoms with van der Waals surface area (Å²) < 4.78 is 63.0. The molecule has 1 N–H and O–H groups in total. The number of aryl methyl sites for hydroxylation is 1. The number of benzene rings is 2. The first-order valence-corrected chi connectivity index (χ1v) is 8.38. The second-order valence-electron chi connectivity index (χ2n) is 5.24. The third-order valence-electron chi connectivity index (χ3n) is 3.26. The average Bonchev–Trinajstić information content (AvgIpc) is 2.37. The minimum atomic E-state index is -9.63. The molecule has 0 aliphatic heterocycles. The van der Waals surface area contributed by atoms with Crippen LogP contribution in [0.1, 0.15) is 22.8 Å². The van der Waals surface area contributed by atoms with Crippen molar-refractivity contribution in [3.63, 3.8) is 0 Å². The lowest BCUT2D eigenvalue weighted by Crippen LogP contribution is -2.06. The van der Waals surface area contributed by atoms with Crippen LogP contribution in [0.5, 0.6) is 0 Å². The van der Waals surface area contributed by atoms with Crippen LogP contribution in [0.15, 0.2) is 53.4 Å². The third kappa shape index (κ3) is 4.20. The molecule has 1 unspecified atom stereocenters. The summed E-state index contributed by atoms with van der Waals surface area (Å²) in [6, 6.07) is 9.67. The minimum Gasteiger partial charge on any atom is -0.388 e. The first-order valence-electron chi connectivity index (χ1n) is 6.43. The molecule has 0 amide bonds. The fourth-order valence-corrected chi connectivity index (χ4v) is 2.66. The summed E-state index contributed by atoms with van der Waals surface area (Å²) in [6.07, 6.45) is -0.865. The smallest absolute Gasteiger partial charge is 0.310 e. The number of rotatable bonds is 4. The van der Waals surface area contributed by atoms with Crippen molar-refractivity contribution in [1.82, 2.24) is 0 Å². The molecule has 2 rings (SSSR count). The van der Waals surface area contributed by atoms with Gasteiger partial charge in [0.1, 0.15) is 4.90 Å². The van der Waals surface area contributed by atoms with Crippen molar-refractivity contribution in [1.29, 1.82) is 0 Å². The summed E-state index contributed by atoms with van der Waals surface area (Å²) in [5.41, 5.74) is 1.97. The topological polar surface area (TPSA) is 20.2 Å². The second kappa shape index (κ2) is 4.70. The van der Waals surface area contributed by atoms with Gasteiger partial charge in [-0.1, -0.05) is 61.4 Å². The molecular formula is C15H15F5OS. The van der Waals surface area contributed by atoms with Crippen LogP contribution >= 0.6 is 10.2 Å². The van der Waals surface area contributed by atoms with Gasteiger partial charge in [0.05, 0.1) is 6.10 Å². The molecule has 0 heterocycles. The molecule has 2 aromatic carbocycles. The summed E-state index contributed by atoms with van der Waals surface area (Å²) in [5, 5.41) is 10.0. The largest absolute Gasteiger partial charge is 0.388 e. The Balaban J connectivity index is 2.17. The van der Waals surface area contributed by atoms with E-state index in [0.29, 0.717) is 23.3 Å². The molecule has 7 heteroatoms. The zero-order valence-electron chi connectivity index (χ0n) is 11.6. The van der Waals surface area contributed by atoms with Crippen LogP contribution in [-0.2, 0) is 6.42 Å². The molecular weight excluding hydrogens is 323 g/mol. The zero-order valence-corrected chi connectivity index (χ0v) is 12.5. The SMILES string of the molecule is Cc1ccc(C(O)Cc2ccc(S(F)(F)(F)(F)F)cc2)cc1. The molecule has 1 nitrogen and oxygen atoms in total. The maximum atomic E-state index is 12.6. The Kier molecular flexibility index (Phi) is 3.58. The van der Waals surface area contributed by atoms with Crippen molar-refractivity contribution in [2.24, 2.45) is 0 Å². The molecule has 0 saturated carbocycles. The molecule has 0 spiro atoms. The van der Waals surface area contributed by atoms with E-state index in [1.54, 1.807) is 24.3 Å². The highest BCUT2D eigenvalue weighted by Gasteiger charge is 2.65. The summed E-state index contributed by atoms with van der Waals surface area (Å²) in [4.78, 5) is -1.92. The van der Waals surface area contributed by atoms with Crippen LogP contribution in [0.4, 0.5) is 19.4 Å². The normalized spacial score (nSPS) is 16.7. The van der Waals surface area contributed by atoms with E-state index in [2.05, 4.69) is 0 Å². The summed E-state index contributed by atoms with van der Waals surface area (Å²) in [7, 11) is -9.63. The maximum Gasteiger partial charge on any atom is 0.310 e. The van der Waals surface area contributed by atoms with Crippen LogP contribution in [0.2, 0.25) is 0 Å². The van der Waals surface area contributed by atoms with Crippen molar-refractivity contribution in [2.45, 2.75) is 24.3 Å². The second-order valence-corrected chi connectivity index (χ2v) is 7.65. The lowest BCUT2D eigenvalue weighted by atomic mass is 10.0. The lowest BCUT2D eigenvalue weighted by molar-refractivity contribution is 0.178. The molecule has 122 valence electrons. The lowest BCUT2D eigenvalue weighted by Gasteiger charge is -2.40. The van der Waals surface area contributed by atoms with Gasteiger partial charge in [-0.25, -0.2) is 0 Å². The number of aliphatic hydroxyl groups excluding tert-OH is 1. The molecule has 0 aromatic heterocycles. The Hall–Kier alpha value is -1.60. The van der Waals surface area contributed by atoms with Crippen molar-refractivity contribution in [3.05, 3.63) is 65.2 Å². The Morgan fingerprint density at radius 3 is 1.82 bits per heavy atom. The van der Waals surface area contributed by atoms with Gasteiger partial charge in [-0.15, -0.1) is 0 Å². The fraction of sp³-hybridized carbons (Fsp3) is 0.200. The summed E-state index contributed by atoms with van der Waals surface area (Å²) >= 11 is 0.